The lowest BCUT2D eigenvalue weighted by Crippen LogP contribution is -2.43. The lowest BCUT2D eigenvalue weighted by molar-refractivity contribution is 0.122. The first-order valence-corrected chi connectivity index (χ1v) is 7.72. The molecule has 21 heavy (non-hydrogen) atoms. The number of carbonyl (C=O) groups excluding carboxylic acids is 1. The van der Waals surface area contributed by atoms with Gasteiger partial charge in [0.1, 0.15) is 0 Å². The van der Waals surface area contributed by atoms with Crippen LogP contribution in [0.4, 0.5) is 4.79 Å². The zero-order valence-electron chi connectivity index (χ0n) is 12.6. The molecular weight excluding hydrogens is 336 g/mol. The van der Waals surface area contributed by atoms with Crippen molar-refractivity contribution in [2.24, 2.45) is 0 Å². The third-order valence-corrected chi connectivity index (χ3v) is 3.82. The zero-order valence-corrected chi connectivity index (χ0v) is 14.2. The van der Waals surface area contributed by atoms with Crippen molar-refractivity contribution in [3.63, 3.8) is 0 Å². The predicted molar refractivity (Wildman–Crippen MR) is 86.6 cm³/mol. The molecule has 0 aliphatic rings. The van der Waals surface area contributed by atoms with E-state index < -0.39 is 0 Å². The molecular formula is C15H23BrN2O3. The first-order chi connectivity index (χ1) is 10.2. The van der Waals surface area contributed by atoms with E-state index in [-0.39, 0.29) is 6.03 Å². The number of rotatable bonds is 9. The highest BCUT2D eigenvalue weighted by Gasteiger charge is 2.12. The number of nitrogens with zero attached hydrogens (tertiary/aromatic N) is 1. The Morgan fingerprint density at radius 3 is 2.38 bits per heavy atom. The van der Waals surface area contributed by atoms with Crippen molar-refractivity contribution in [2.75, 3.05) is 47.1 Å². The van der Waals surface area contributed by atoms with E-state index in [9.17, 15) is 4.79 Å². The molecule has 0 aromatic heterocycles. The fraction of sp³-hybridized carbons (Fsp3) is 0.533. The van der Waals surface area contributed by atoms with Gasteiger partial charge in [-0.1, -0.05) is 34.1 Å². The Hall–Kier alpha value is -1.11. The molecule has 0 atom stereocenters. The second-order valence-corrected chi connectivity index (χ2v) is 5.40. The summed E-state index contributed by atoms with van der Waals surface area (Å²) in [4.78, 5) is 13.8. The number of carbonyl (C=O) groups is 1. The van der Waals surface area contributed by atoms with E-state index in [4.69, 9.17) is 9.47 Å². The van der Waals surface area contributed by atoms with E-state index in [0.29, 0.717) is 32.8 Å². The maximum absolute atomic E-state index is 12.1. The van der Waals surface area contributed by atoms with Crippen molar-refractivity contribution in [3.8, 4) is 0 Å². The minimum absolute atomic E-state index is 0.0869. The van der Waals surface area contributed by atoms with E-state index in [1.807, 2.05) is 24.3 Å². The van der Waals surface area contributed by atoms with Crippen LogP contribution < -0.4 is 5.32 Å². The third kappa shape index (κ3) is 6.93. The van der Waals surface area contributed by atoms with Crippen molar-refractivity contribution in [1.29, 1.82) is 0 Å². The number of nitrogens with one attached hydrogen (secondary N) is 1. The summed E-state index contributed by atoms with van der Waals surface area (Å²) in [5.74, 6) is 0. The highest BCUT2D eigenvalue weighted by atomic mass is 79.9. The Morgan fingerprint density at radius 1 is 1.19 bits per heavy atom. The van der Waals surface area contributed by atoms with Gasteiger partial charge in [0, 0.05) is 38.3 Å². The predicted octanol–water partition coefficient (Wildman–Crippen LogP) is 2.30. The summed E-state index contributed by atoms with van der Waals surface area (Å²) in [5.41, 5.74) is 1.18. The van der Waals surface area contributed by atoms with E-state index in [1.165, 1.54) is 5.56 Å². The molecule has 0 saturated carbocycles. The van der Waals surface area contributed by atoms with Crippen LogP contribution in [0.1, 0.15) is 5.56 Å². The van der Waals surface area contributed by atoms with Crippen molar-refractivity contribution < 1.29 is 14.3 Å². The van der Waals surface area contributed by atoms with Gasteiger partial charge in [0.2, 0.25) is 0 Å². The highest BCUT2D eigenvalue weighted by Crippen LogP contribution is 2.15. The molecule has 0 radical (unpaired) electrons. The number of amides is 2. The highest BCUT2D eigenvalue weighted by molar-refractivity contribution is 9.10. The molecule has 1 N–H and O–H groups in total. The SMILES string of the molecule is COCCN(CCOC)C(=O)NCCc1ccccc1Br. The standard InChI is InChI=1S/C15H23BrN2O3/c1-20-11-9-18(10-12-21-2)15(19)17-8-7-13-5-3-4-6-14(13)16/h3-6H,7-12H2,1-2H3,(H,17,19). The molecule has 6 heteroatoms. The van der Waals surface area contributed by atoms with Gasteiger partial charge in [0.05, 0.1) is 13.2 Å². The van der Waals surface area contributed by atoms with Crippen LogP contribution in [0.2, 0.25) is 0 Å². The summed E-state index contributed by atoms with van der Waals surface area (Å²) in [7, 11) is 3.25. The number of benzene rings is 1. The summed E-state index contributed by atoms with van der Waals surface area (Å²) in [6.07, 6.45) is 0.787. The summed E-state index contributed by atoms with van der Waals surface area (Å²) in [6.45, 7) is 2.74. The van der Waals surface area contributed by atoms with Gasteiger partial charge in [-0.05, 0) is 18.1 Å². The molecule has 118 valence electrons. The van der Waals surface area contributed by atoms with Crippen LogP contribution in [0, 0.1) is 0 Å². The van der Waals surface area contributed by atoms with Gasteiger partial charge in [-0.15, -0.1) is 0 Å². The van der Waals surface area contributed by atoms with Gasteiger partial charge in [0.15, 0.2) is 0 Å². The Morgan fingerprint density at radius 2 is 1.81 bits per heavy atom. The molecule has 1 aromatic rings. The van der Waals surface area contributed by atoms with E-state index in [2.05, 4.69) is 21.2 Å². The number of hydrogen-bond acceptors (Lipinski definition) is 3. The molecule has 0 fully saturated rings. The van der Waals surface area contributed by atoms with E-state index in [1.54, 1.807) is 19.1 Å². The van der Waals surface area contributed by atoms with Gasteiger partial charge in [0.25, 0.3) is 0 Å². The van der Waals surface area contributed by atoms with Gasteiger partial charge in [-0.2, -0.15) is 0 Å². The third-order valence-electron chi connectivity index (χ3n) is 3.05. The minimum atomic E-state index is -0.0869. The van der Waals surface area contributed by atoms with Gasteiger partial charge in [-0.3, -0.25) is 0 Å². The number of ether oxygens (including phenoxy) is 2. The smallest absolute Gasteiger partial charge is 0.317 e. The Balaban J connectivity index is 2.40. The first-order valence-electron chi connectivity index (χ1n) is 6.93. The molecule has 1 rings (SSSR count). The molecule has 0 heterocycles. The average Bonchev–Trinajstić information content (AvgIpc) is 2.49. The monoisotopic (exact) mass is 358 g/mol. The van der Waals surface area contributed by atoms with Crippen LogP contribution in [-0.2, 0) is 15.9 Å². The van der Waals surface area contributed by atoms with Gasteiger partial charge < -0.3 is 19.7 Å². The molecule has 0 saturated heterocycles. The number of methoxy groups -OCH3 is 2. The molecule has 0 aliphatic heterocycles. The largest absolute Gasteiger partial charge is 0.383 e. The lowest BCUT2D eigenvalue weighted by Gasteiger charge is -2.22. The minimum Gasteiger partial charge on any atom is -0.383 e. The molecule has 0 bridgehead atoms. The molecule has 0 unspecified atom stereocenters. The van der Waals surface area contributed by atoms with Crippen LogP contribution >= 0.6 is 15.9 Å². The lowest BCUT2D eigenvalue weighted by atomic mass is 10.1. The van der Waals surface area contributed by atoms with Gasteiger partial charge >= 0.3 is 6.03 Å². The molecule has 2 amide bonds. The fourth-order valence-electron chi connectivity index (χ4n) is 1.83. The van der Waals surface area contributed by atoms with Crippen molar-refractivity contribution in [2.45, 2.75) is 6.42 Å². The van der Waals surface area contributed by atoms with Crippen LogP contribution in [0.3, 0.4) is 0 Å². The van der Waals surface area contributed by atoms with Crippen molar-refractivity contribution in [1.82, 2.24) is 10.2 Å². The maximum Gasteiger partial charge on any atom is 0.317 e. The molecule has 0 aliphatic carbocycles. The quantitative estimate of drug-likeness (QED) is 0.736. The summed E-state index contributed by atoms with van der Waals surface area (Å²) < 4.78 is 11.1. The van der Waals surface area contributed by atoms with Crippen LogP contribution in [-0.4, -0.2) is 58.0 Å². The fourth-order valence-corrected chi connectivity index (χ4v) is 2.32. The normalized spacial score (nSPS) is 10.4. The number of halogens is 1. The molecule has 5 nitrogen and oxygen atoms in total. The Bertz CT molecular complexity index is 421. The molecule has 0 spiro atoms. The zero-order chi connectivity index (χ0) is 15.5. The topological polar surface area (TPSA) is 50.8 Å². The van der Waals surface area contributed by atoms with Crippen LogP contribution in [0.5, 0.6) is 0 Å². The second-order valence-electron chi connectivity index (χ2n) is 4.55. The Labute approximate surface area is 134 Å². The second kappa shape index (κ2) is 10.6. The first kappa shape index (κ1) is 17.9. The summed E-state index contributed by atoms with van der Waals surface area (Å²) in [5, 5.41) is 2.93. The van der Waals surface area contributed by atoms with E-state index in [0.717, 1.165) is 10.9 Å². The molecule has 1 aromatic carbocycles. The summed E-state index contributed by atoms with van der Waals surface area (Å²) in [6, 6.07) is 7.93. The van der Waals surface area contributed by atoms with Gasteiger partial charge in [-0.25, -0.2) is 4.79 Å². The van der Waals surface area contributed by atoms with Crippen molar-refractivity contribution in [3.05, 3.63) is 34.3 Å². The van der Waals surface area contributed by atoms with E-state index >= 15 is 0 Å². The average molecular weight is 359 g/mol. The Kier molecular flexibility index (Phi) is 9.05. The summed E-state index contributed by atoms with van der Waals surface area (Å²) >= 11 is 3.50. The van der Waals surface area contributed by atoms with Crippen LogP contribution in [0.15, 0.2) is 28.7 Å². The maximum atomic E-state index is 12.1. The van der Waals surface area contributed by atoms with Crippen LogP contribution in [0.25, 0.3) is 0 Å². The number of urea groups is 1. The van der Waals surface area contributed by atoms with Crippen molar-refractivity contribution >= 4 is 22.0 Å². The number of hydrogen-bond donors (Lipinski definition) is 1.